The predicted octanol–water partition coefficient (Wildman–Crippen LogP) is 3.16. The lowest BCUT2D eigenvalue weighted by Gasteiger charge is -2.32. The molecule has 0 saturated carbocycles. The first-order valence-electron chi connectivity index (χ1n) is 10.5. The van der Waals surface area contributed by atoms with Crippen molar-refractivity contribution in [1.29, 1.82) is 0 Å². The third-order valence-electron chi connectivity index (χ3n) is 6.19. The van der Waals surface area contributed by atoms with Gasteiger partial charge < -0.3 is 14.6 Å². The van der Waals surface area contributed by atoms with Gasteiger partial charge in [0.25, 0.3) is 0 Å². The van der Waals surface area contributed by atoms with Gasteiger partial charge in [0, 0.05) is 6.54 Å². The summed E-state index contributed by atoms with van der Waals surface area (Å²) in [5.74, 6) is -0.486. The maximum absolute atomic E-state index is 12.7. The summed E-state index contributed by atoms with van der Waals surface area (Å²) in [4.78, 5) is 27.4. The molecule has 1 N–H and O–H groups in total. The van der Waals surface area contributed by atoms with Crippen molar-refractivity contribution in [2.75, 3.05) is 39.5 Å². The standard InChI is InChI=1S/C21H39NO5/c1-5-20(3,10-11-21(4,6-2)19(25)27-17-15-23)18(24)26-16-14-22-12-8-7-9-13-22/h23H,5-17H2,1-4H3. The highest BCUT2D eigenvalue weighted by molar-refractivity contribution is 5.78. The molecule has 1 saturated heterocycles. The zero-order valence-electron chi connectivity index (χ0n) is 17.7. The molecule has 6 nitrogen and oxygen atoms in total. The lowest BCUT2D eigenvalue weighted by molar-refractivity contribution is -0.161. The van der Waals surface area contributed by atoms with Gasteiger partial charge in [-0.3, -0.25) is 14.5 Å². The summed E-state index contributed by atoms with van der Waals surface area (Å²) in [5.41, 5.74) is -1.25. The van der Waals surface area contributed by atoms with Gasteiger partial charge in [0.1, 0.15) is 13.2 Å². The second kappa shape index (κ2) is 11.6. The van der Waals surface area contributed by atoms with Crippen LogP contribution < -0.4 is 0 Å². The number of esters is 2. The molecular formula is C21H39NO5. The van der Waals surface area contributed by atoms with Crippen molar-refractivity contribution in [2.45, 2.75) is 72.6 Å². The van der Waals surface area contributed by atoms with Crippen LogP contribution in [0.3, 0.4) is 0 Å². The fourth-order valence-electron chi connectivity index (χ4n) is 3.34. The number of rotatable bonds is 12. The van der Waals surface area contributed by atoms with Crippen LogP contribution in [-0.4, -0.2) is 61.4 Å². The van der Waals surface area contributed by atoms with Crippen molar-refractivity contribution < 1.29 is 24.2 Å². The number of ether oxygens (including phenoxy) is 2. The highest BCUT2D eigenvalue weighted by Gasteiger charge is 2.39. The van der Waals surface area contributed by atoms with E-state index in [4.69, 9.17) is 14.6 Å². The molecule has 1 heterocycles. The zero-order chi connectivity index (χ0) is 20.3. The van der Waals surface area contributed by atoms with E-state index in [-0.39, 0.29) is 25.2 Å². The second-order valence-corrected chi connectivity index (χ2v) is 8.23. The van der Waals surface area contributed by atoms with Gasteiger partial charge in [-0.1, -0.05) is 20.3 Å². The topological polar surface area (TPSA) is 76.1 Å². The molecule has 0 aromatic carbocycles. The fourth-order valence-corrected chi connectivity index (χ4v) is 3.34. The molecule has 0 aromatic heterocycles. The van der Waals surface area contributed by atoms with Crippen molar-refractivity contribution in [3.8, 4) is 0 Å². The second-order valence-electron chi connectivity index (χ2n) is 8.23. The summed E-state index contributed by atoms with van der Waals surface area (Å²) in [6.45, 7) is 11.0. The van der Waals surface area contributed by atoms with Crippen LogP contribution in [0.25, 0.3) is 0 Å². The number of carbonyl (C=O) groups excluding carboxylic acids is 2. The summed E-state index contributed by atoms with van der Waals surface area (Å²) in [6.07, 6.45) is 6.17. The van der Waals surface area contributed by atoms with E-state index >= 15 is 0 Å². The predicted molar refractivity (Wildman–Crippen MR) is 105 cm³/mol. The first-order chi connectivity index (χ1) is 12.8. The Bertz CT molecular complexity index is 463. The Balaban J connectivity index is 2.53. The molecule has 0 aliphatic carbocycles. The minimum atomic E-state index is -0.653. The zero-order valence-corrected chi connectivity index (χ0v) is 17.7. The number of piperidine rings is 1. The van der Waals surface area contributed by atoms with E-state index < -0.39 is 10.8 Å². The fraction of sp³-hybridized carbons (Fsp3) is 0.905. The third-order valence-corrected chi connectivity index (χ3v) is 6.19. The first-order valence-corrected chi connectivity index (χ1v) is 10.5. The molecular weight excluding hydrogens is 346 g/mol. The maximum Gasteiger partial charge on any atom is 0.311 e. The third kappa shape index (κ3) is 7.41. The Hall–Kier alpha value is -1.14. The van der Waals surface area contributed by atoms with Crippen LogP contribution in [0.15, 0.2) is 0 Å². The van der Waals surface area contributed by atoms with Crippen molar-refractivity contribution in [3.05, 3.63) is 0 Å². The molecule has 1 rings (SSSR count). The van der Waals surface area contributed by atoms with Crippen molar-refractivity contribution in [1.82, 2.24) is 4.90 Å². The van der Waals surface area contributed by atoms with Crippen LogP contribution in [0.1, 0.15) is 72.6 Å². The quantitative estimate of drug-likeness (QED) is 0.520. The van der Waals surface area contributed by atoms with Gasteiger partial charge in [0.2, 0.25) is 0 Å². The first kappa shape index (κ1) is 23.9. The molecule has 0 spiro atoms. The van der Waals surface area contributed by atoms with Crippen LogP contribution in [-0.2, 0) is 19.1 Å². The summed E-state index contributed by atoms with van der Waals surface area (Å²) in [7, 11) is 0. The lowest BCUT2D eigenvalue weighted by Crippen LogP contribution is -2.37. The van der Waals surface area contributed by atoms with Gasteiger partial charge in [0.15, 0.2) is 0 Å². The average molecular weight is 386 g/mol. The van der Waals surface area contributed by atoms with Gasteiger partial charge in [-0.15, -0.1) is 0 Å². The molecule has 0 aromatic rings. The minimum Gasteiger partial charge on any atom is -0.464 e. The Morgan fingerprint density at radius 2 is 1.37 bits per heavy atom. The van der Waals surface area contributed by atoms with E-state index in [1.807, 2.05) is 27.7 Å². The van der Waals surface area contributed by atoms with Gasteiger partial charge in [-0.25, -0.2) is 0 Å². The van der Waals surface area contributed by atoms with Gasteiger partial charge in [0.05, 0.1) is 17.4 Å². The highest BCUT2D eigenvalue weighted by Crippen LogP contribution is 2.37. The van der Waals surface area contributed by atoms with Gasteiger partial charge in [-0.2, -0.15) is 0 Å². The van der Waals surface area contributed by atoms with E-state index in [1.54, 1.807) is 0 Å². The molecule has 6 heteroatoms. The molecule has 2 unspecified atom stereocenters. The van der Waals surface area contributed by atoms with Gasteiger partial charge >= 0.3 is 11.9 Å². The van der Waals surface area contributed by atoms with E-state index in [9.17, 15) is 9.59 Å². The highest BCUT2D eigenvalue weighted by atomic mass is 16.5. The molecule has 158 valence electrons. The Morgan fingerprint density at radius 1 is 0.889 bits per heavy atom. The minimum absolute atomic E-state index is 0.0119. The van der Waals surface area contributed by atoms with Crippen LogP contribution in [0.2, 0.25) is 0 Å². The number of likely N-dealkylation sites (tertiary alicyclic amines) is 1. The van der Waals surface area contributed by atoms with Crippen molar-refractivity contribution in [3.63, 3.8) is 0 Å². The largest absolute Gasteiger partial charge is 0.464 e. The van der Waals surface area contributed by atoms with Crippen LogP contribution >= 0.6 is 0 Å². The summed E-state index contributed by atoms with van der Waals surface area (Å²) in [5, 5.41) is 8.86. The van der Waals surface area contributed by atoms with E-state index in [1.165, 1.54) is 19.3 Å². The Labute approximate surface area is 164 Å². The molecule has 1 aliphatic heterocycles. The van der Waals surface area contributed by atoms with Crippen molar-refractivity contribution in [2.24, 2.45) is 10.8 Å². The molecule has 27 heavy (non-hydrogen) atoms. The molecule has 1 aliphatic rings. The van der Waals surface area contributed by atoms with Crippen LogP contribution in [0.4, 0.5) is 0 Å². The average Bonchev–Trinajstić information content (AvgIpc) is 2.70. The Kier molecular flexibility index (Phi) is 10.3. The molecule has 0 radical (unpaired) electrons. The molecule has 2 atom stereocenters. The summed E-state index contributed by atoms with van der Waals surface area (Å²) >= 11 is 0. The van der Waals surface area contributed by atoms with Crippen LogP contribution in [0.5, 0.6) is 0 Å². The Morgan fingerprint density at radius 3 is 1.81 bits per heavy atom. The number of carbonyl (C=O) groups is 2. The molecule has 0 bridgehead atoms. The normalized spacial score (nSPS) is 19.7. The number of nitrogens with zero attached hydrogens (tertiary/aromatic N) is 1. The molecule has 1 fully saturated rings. The van der Waals surface area contributed by atoms with Crippen LogP contribution in [0, 0.1) is 10.8 Å². The number of aliphatic hydroxyl groups is 1. The van der Waals surface area contributed by atoms with E-state index in [0.717, 1.165) is 19.6 Å². The number of aliphatic hydroxyl groups excluding tert-OH is 1. The SMILES string of the molecule is CCC(C)(CCC(C)(CC)C(=O)OCCN1CCCCC1)C(=O)OCCO. The number of hydrogen-bond donors (Lipinski definition) is 1. The van der Waals surface area contributed by atoms with E-state index in [0.29, 0.717) is 32.3 Å². The summed E-state index contributed by atoms with van der Waals surface area (Å²) < 4.78 is 10.7. The monoisotopic (exact) mass is 385 g/mol. The van der Waals surface area contributed by atoms with E-state index in [2.05, 4.69) is 4.90 Å². The van der Waals surface area contributed by atoms with Gasteiger partial charge in [-0.05, 0) is 65.5 Å². The summed E-state index contributed by atoms with van der Waals surface area (Å²) in [6, 6.07) is 0. The van der Waals surface area contributed by atoms with Crippen molar-refractivity contribution >= 4 is 11.9 Å². The molecule has 0 amide bonds. The smallest absolute Gasteiger partial charge is 0.311 e. The number of hydrogen-bond acceptors (Lipinski definition) is 6. The maximum atomic E-state index is 12.7. The lowest BCUT2D eigenvalue weighted by atomic mass is 9.74.